The van der Waals surface area contributed by atoms with E-state index >= 15 is 0 Å². The van der Waals surface area contributed by atoms with Crippen molar-refractivity contribution in [2.24, 2.45) is 5.84 Å². The molecule has 100 valence electrons. The van der Waals surface area contributed by atoms with Crippen molar-refractivity contribution in [1.82, 2.24) is 10.4 Å². The SMILES string of the molecule is NNC(=O)C1(c2c[nH]c3ccccc23)CCOCC1. The summed E-state index contributed by atoms with van der Waals surface area (Å²) in [4.78, 5) is 15.6. The van der Waals surface area contributed by atoms with Crippen molar-refractivity contribution >= 4 is 16.8 Å². The molecule has 5 heteroatoms. The van der Waals surface area contributed by atoms with Crippen molar-refractivity contribution in [3.05, 3.63) is 36.0 Å². The van der Waals surface area contributed by atoms with Crippen LogP contribution in [0.4, 0.5) is 0 Å². The van der Waals surface area contributed by atoms with Gasteiger partial charge in [-0.2, -0.15) is 0 Å². The molecule has 0 radical (unpaired) electrons. The quantitative estimate of drug-likeness (QED) is 0.431. The smallest absolute Gasteiger partial charge is 0.244 e. The predicted molar refractivity (Wildman–Crippen MR) is 72.4 cm³/mol. The number of ether oxygens (including phenoxy) is 1. The number of H-pyrrole nitrogens is 1. The lowest BCUT2D eigenvalue weighted by atomic mass is 9.73. The number of carbonyl (C=O) groups is 1. The number of hydrogen-bond acceptors (Lipinski definition) is 3. The van der Waals surface area contributed by atoms with Gasteiger partial charge in [-0.1, -0.05) is 18.2 Å². The van der Waals surface area contributed by atoms with E-state index < -0.39 is 5.41 Å². The number of hydrogen-bond donors (Lipinski definition) is 3. The van der Waals surface area contributed by atoms with E-state index in [9.17, 15) is 4.79 Å². The first-order chi connectivity index (χ1) is 9.28. The van der Waals surface area contributed by atoms with Crippen molar-refractivity contribution in [3.63, 3.8) is 0 Å². The first kappa shape index (κ1) is 12.2. The lowest BCUT2D eigenvalue weighted by molar-refractivity contribution is -0.130. The number of amides is 1. The van der Waals surface area contributed by atoms with Crippen LogP contribution in [0.25, 0.3) is 10.9 Å². The largest absolute Gasteiger partial charge is 0.381 e. The Morgan fingerprint density at radius 1 is 1.32 bits per heavy atom. The molecule has 0 aliphatic carbocycles. The second kappa shape index (κ2) is 4.68. The molecule has 2 aromatic rings. The van der Waals surface area contributed by atoms with Crippen LogP contribution >= 0.6 is 0 Å². The number of hydrazine groups is 1. The molecule has 1 fully saturated rings. The average Bonchev–Trinajstić information content (AvgIpc) is 2.91. The van der Waals surface area contributed by atoms with Gasteiger partial charge < -0.3 is 9.72 Å². The third-order valence-corrected chi connectivity index (χ3v) is 4.02. The highest BCUT2D eigenvalue weighted by atomic mass is 16.5. The lowest BCUT2D eigenvalue weighted by Crippen LogP contribution is -2.50. The van der Waals surface area contributed by atoms with Gasteiger partial charge in [0.15, 0.2) is 0 Å². The fourth-order valence-corrected chi connectivity index (χ4v) is 2.94. The van der Waals surface area contributed by atoms with Gasteiger partial charge in [-0.05, 0) is 24.5 Å². The van der Waals surface area contributed by atoms with Gasteiger partial charge in [0.2, 0.25) is 5.91 Å². The maximum atomic E-state index is 12.3. The molecule has 1 aliphatic heterocycles. The van der Waals surface area contributed by atoms with Gasteiger partial charge in [0.1, 0.15) is 0 Å². The normalized spacial score (nSPS) is 18.4. The topological polar surface area (TPSA) is 80.1 Å². The highest BCUT2D eigenvalue weighted by molar-refractivity contribution is 5.95. The van der Waals surface area contributed by atoms with Crippen LogP contribution < -0.4 is 11.3 Å². The minimum absolute atomic E-state index is 0.138. The van der Waals surface area contributed by atoms with Gasteiger partial charge in [-0.15, -0.1) is 0 Å². The maximum Gasteiger partial charge on any atom is 0.244 e. The standard InChI is InChI=1S/C14H17N3O2/c15-17-13(18)14(5-7-19-8-6-14)11-9-16-12-4-2-1-3-10(11)12/h1-4,9,16H,5-8,15H2,(H,17,18). The molecule has 2 heterocycles. The molecule has 0 bridgehead atoms. The van der Waals surface area contributed by atoms with E-state index in [0.717, 1.165) is 16.5 Å². The number of para-hydroxylation sites is 1. The minimum atomic E-state index is -0.591. The number of rotatable bonds is 2. The lowest BCUT2D eigenvalue weighted by Gasteiger charge is -2.35. The Balaban J connectivity index is 2.16. The number of fused-ring (bicyclic) bond motifs is 1. The molecule has 19 heavy (non-hydrogen) atoms. The molecule has 1 aromatic carbocycles. The summed E-state index contributed by atoms with van der Waals surface area (Å²) in [7, 11) is 0. The summed E-state index contributed by atoms with van der Waals surface area (Å²) in [6.45, 7) is 1.15. The molecule has 4 N–H and O–H groups in total. The zero-order valence-electron chi connectivity index (χ0n) is 10.6. The van der Waals surface area contributed by atoms with Gasteiger partial charge in [0.25, 0.3) is 0 Å². The molecule has 1 aromatic heterocycles. The predicted octanol–water partition coefficient (Wildman–Crippen LogP) is 1.21. The Bertz CT molecular complexity index is 600. The van der Waals surface area contributed by atoms with Crippen LogP contribution in [0.2, 0.25) is 0 Å². The van der Waals surface area contributed by atoms with Crippen molar-refractivity contribution in [2.75, 3.05) is 13.2 Å². The summed E-state index contributed by atoms with van der Waals surface area (Å²) < 4.78 is 5.40. The number of benzene rings is 1. The van der Waals surface area contributed by atoms with Crippen LogP contribution in [-0.4, -0.2) is 24.1 Å². The number of nitrogens with two attached hydrogens (primary N) is 1. The van der Waals surface area contributed by atoms with Crippen LogP contribution in [0.15, 0.2) is 30.5 Å². The van der Waals surface area contributed by atoms with Gasteiger partial charge in [0, 0.05) is 30.3 Å². The Morgan fingerprint density at radius 2 is 2.05 bits per heavy atom. The second-order valence-corrected chi connectivity index (χ2v) is 4.92. The Morgan fingerprint density at radius 3 is 2.79 bits per heavy atom. The third kappa shape index (κ3) is 1.82. The van der Waals surface area contributed by atoms with Gasteiger partial charge in [0.05, 0.1) is 5.41 Å². The molecule has 1 saturated heterocycles. The first-order valence-corrected chi connectivity index (χ1v) is 6.43. The summed E-state index contributed by atoms with van der Waals surface area (Å²) in [6, 6.07) is 7.99. The van der Waals surface area contributed by atoms with Crippen molar-refractivity contribution in [1.29, 1.82) is 0 Å². The van der Waals surface area contributed by atoms with Crippen molar-refractivity contribution in [2.45, 2.75) is 18.3 Å². The van der Waals surface area contributed by atoms with Crippen LogP contribution in [0, 0.1) is 0 Å². The monoisotopic (exact) mass is 259 g/mol. The van der Waals surface area contributed by atoms with Crippen molar-refractivity contribution in [3.8, 4) is 0 Å². The Hall–Kier alpha value is -1.85. The summed E-state index contributed by atoms with van der Waals surface area (Å²) in [5.74, 6) is 5.25. The summed E-state index contributed by atoms with van der Waals surface area (Å²) in [6.07, 6.45) is 3.22. The Labute approximate surface area is 111 Å². The number of carbonyl (C=O) groups excluding carboxylic acids is 1. The van der Waals surface area contributed by atoms with E-state index in [-0.39, 0.29) is 5.91 Å². The summed E-state index contributed by atoms with van der Waals surface area (Å²) in [5, 5.41) is 1.08. The minimum Gasteiger partial charge on any atom is -0.381 e. The van der Waals surface area contributed by atoms with Gasteiger partial charge in [-0.3, -0.25) is 10.2 Å². The van der Waals surface area contributed by atoms with E-state index in [1.807, 2.05) is 30.5 Å². The fourth-order valence-electron chi connectivity index (χ4n) is 2.94. The molecular formula is C14H17N3O2. The van der Waals surface area contributed by atoms with Crippen LogP contribution in [0.1, 0.15) is 18.4 Å². The highest BCUT2D eigenvalue weighted by Gasteiger charge is 2.42. The summed E-state index contributed by atoms with van der Waals surface area (Å²) in [5.41, 5.74) is 3.77. The van der Waals surface area contributed by atoms with Crippen LogP contribution in [-0.2, 0) is 14.9 Å². The Kier molecular flexibility index (Phi) is 3.00. The maximum absolute atomic E-state index is 12.3. The highest BCUT2D eigenvalue weighted by Crippen LogP contribution is 2.38. The van der Waals surface area contributed by atoms with E-state index in [1.165, 1.54) is 0 Å². The molecule has 0 spiro atoms. The fraction of sp³-hybridized carbons (Fsp3) is 0.357. The van der Waals surface area contributed by atoms with E-state index in [4.69, 9.17) is 10.6 Å². The molecular weight excluding hydrogens is 242 g/mol. The van der Waals surface area contributed by atoms with Gasteiger partial charge >= 0.3 is 0 Å². The van der Waals surface area contributed by atoms with E-state index in [0.29, 0.717) is 26.1 Å². The van der Waals surface area contributed by atoms with Crippen LogP contribution in [0.3, 0.4) is 0 Å². The second-order valence-electron chi connectivity index (χ2n) is 4.92. The first-order valence-electron chi connectivity index (χ1n) is 6.43. The van der Waals surface area contributed by atoms with E-state index in [1.54, 1.807) is 0 Å². The van der Waals surface area contributed by atoms with Crippen LogP contribution in [0.5, 0.6) is 0 Å². The molecule has 0 unspecified atom stereocenters. The zero-order valence-corrected chi connectivity index (χ0v) is 10.6. The molecule has 0 saturated carbocycles. The van der Waals surface area contributed by atoms with E-state index in [2.05, 4.69) is 10.4 Å². The molecule has 1 aliphatic rings. The number of aromatic amines is 1. The molecule has 0 atom stereocenters. The average molecular weight is 259 g/mol. The number of aromatic nitrogens is 1. The molecule has 5 nitrogen and oxygen atoms in total. The molecule has 1 amide bonds. The number of nitrogens with one attached hydrogen (secondary N) is 2. The van der Waals surface area contributed by atoms with Gasteiger partial charge in [-0.25, -0.2) is 5.84 Å². The third-order valence-electron chi connectivity index (χ3n) is 4.02. The zero-order chi connectivity index (χ0) is 13.3. The van der Waals surface area contributed by atoms with Crippen molar-refractivity contribution < 1.29 is 9.53 Å². The molecule has 3 rings (SSSR count). The summed E-state index contributed by atoms with van der Waals surface area (Å²) >= 11 is 0.